The first-order chi connectivity index (χ1) is 7.66. The van der Waals surface area contributed by atoms with Crippen LogP contribution in [0.5, 0.6) is 5.75 Å². The largest absolute Gasteiger partial charge is 0.415 e. The SMILES string of the molecule is O=C(Oc1ccc(F)c(Cl)c1)N1CCCC1. The normalized spacial score (nSPS) is 15.2. The zero-order chi connectivity index (χ0) is 11.5. The van der Waals surface area contributed by atoms with Crippen LogP contribution in [0, 0.1) is 5.82 Å². The van der Waals surface area contributed by atoms with Crippen LogP contribution < -0.4 is 4.74 Å². The summed E-state index contributed by atoms with van der Waals surface area (Å²) in [5.41, 5.74) is 0. The van der Waals surface area contributed by atoms with Crippen LogP contribution in [0.3, 0.4) is 0 Å². The van der Waals surface area contributed by atoms with Gasteiger partial charge in [0.15, 0.2) is 0 Å². The Kier molecular flexibility index (Phi) is 3.29. The second-order valence-electron chi connectivity index (χ2n) is 3.64. The van der Waals surface area contributed by atoms with E-state index in [0.29, 0.717) is 13.1 Å². The topological polar surface area (TPSA) is 29.5 Å². The molecule has 1 aromatic rings. The second-order valence-corrected chi connectivity index (χ2v) is 4.05. The number of benzene rings is 1. The highest BCUT2D eigenvalue weighted by Crippen LogP contribution is 2.22. The van der Waals surface area contributed by atoms with Gasteiger partial charge in [0, 0.05) is 19.2 Å². The minimum absolute atomic E-state index is 0.0493. The average Bonchev–Trinajstić information content (AvgIpc) is 2.77. The Morgan fingerprint density at radius 2 is 2.06 bits per heavy atom. The number of nitrogens with zero attached hydrogens (tertiary/aromatic N) is 1. The van der Waals surface area contributed by atoms with Crippen molar-refractivity contribution in [2.75, 3.05) is 13.1 Å². The molecule has 1 saturated heterocycles. The Bertz CT molecular complexity index is 405. The predicted molar refractivity (Wildman–Crippen MR) is 58.2 cm³/mol. The number of hydrogen-bond acceptors (Lipinski definition) is 2. The van der Waals surface area contributed by atoms with Crippen LogP contribution in [-0.2, 0) is 0 Å². The zero-order valence-electron chi connectivity index (χ0n) is 8.58. The van der Waals surface area contributed by atoms with Crippen molar-refractivity contribution in [2.45, 2.75) is 12.8 Å². The van der Waals surface area contributed by atoms with Gasteiger partial charge in [-0.1, -0.05) is 11.6 Å². The molecule has 0 radical (unpaired) electrons. The van der Waals surface area contributed by atoms with Crippen LogP contribution in [0.2, 0.25) is 5.02 Å². The number of ether oxygens (including phenoxy) is 1. The van der Waals surface area contributed by atoms with Crippen molar-refractivity contribution in [1.82, 2.24) is 4.90 Å². The lowest BCUT2D eigenvalue weighted by atomic mass is 10.3. The minimum Gasteiger partial charge on any atom is -0.410 e. The van der Waals surface area contributed by atoms with Crippen LogP contribution in [0.15, 0.2) is 18.2 Å². The summed E-state index contributed by atoms with van der Waals surface area (Å²) < 4.78 is 17.9. The molecule has 16 heavy (non-hydrogen) atoms. The molecule has 2 rings (SSSR count). The van der Waals surface area contributed by atoms with Gasteiger partial charge in [0.1, 0.15) is 11.6 Å². The third kappa shape index (κ3) is 2.44. The molecule has 86 valence electrons. The monoisotopic (exact) mass is 243 g/mol. The van der Waals surface area contributed by atoms with Crippen LogP contribution >= 0.6 is 11.6 Å². The number of likely N-dealkylation sites (tertiary alicyclic amines) is 1. The zero-order valence-corrected chi connectivity index (χ0v) is 9.34. The maximum atomic E-state index is 12.9. The van der Waals surface area contributed by atoms with Crippen molar-refractivity contribution >= 4 is 17.7 Å². The van der Waals surface area contributed by atoms with Crippen molar-refractivity contribution in [3.63, 3.8) is 0 Å². The van der Waals surface area contributed by atoms with E-state index in [9.17, 15) is 9.18 Å². The Balaban J connectivity index is 2.02. The summed E-state index contributed by atoms with van der Waals surface area (Å²) in [4.78, 5) is 13.2. The number of halogens is 2. The molecule has 1 heterocycles. The number of rotatable bonds is 1. The van der Waals surface area contributed by atoms with E-state index in [0.717, 1.165) is 12.8 Å². The first-order valence-corrected chi connectivity index (χ1v) is 5.46. The molecule has 0 unspecified atom stereocenters. The summed E-state index contributed by atoms with van der Waals surface area (Å²) in [5, 5.41) is -0.0493. The highest BCUT2D eigenvalue weighted by Gasteiger charge is 2.19. The summed E-state index contributed by atoms with van der Waals surface area (Å²) in [6.07, 6.45) is 1.60. The van der Waals surface area contributed by atoms with Gasteiger partial charge < -0.3 is 9.64 Å². The average molecular weight is 244 g/mol. The molecule has 0 aromatic heterocycles. The van der Waals surface area contributed by atoms with Gasteiger partial charge in [0.25, 0.3) is 0 Å². The lowest BCUT2D eigenvalue weighted by molar-refractivity contribution is 0.162. The molecule has 0 saturated carbocycles. The molecule has 1 amide bonds. The first-order valence-electron chi connectivity index (χ1n) is 5.08. The van der Waals surface area contributed by atoms with Gasteiger partial charge in [0.2, 0.25) is 0 Å². The Morgan fingerprint density at radius 1 is 1.38 bits per heavy atom. The molecule has 1 aliphatic rings. The Morgan fingerprint density at radius 3 is 2.69 bits per heavy atom. The predicted octanol–water partition coefficient (Wildman–Crippen LogP) is 3.07. The van der Waals surface area contributed by atoms with E-state index >= 15 is 0 Å². The Labute approximate surface area is 97.8 Å². The van der Waals surface area contributed by atoms with E-state index in [1.165, 1.54) is 18.2 Å². The van der Waals surface area contributed by atoms with Crippen molar-refractivity contribution in [1.29, 1.82) is 0 Å². The summed E-state index contributed by atoms with van der Waals surface area (Å²) in [6, 6.07) is 3.86. The lowest BCUT2D eigenvalue weighted by Crippen LogP contribution is -2.30. The summed E-state index contributed by atoms with van der Waals surface area (Å²) in [6.45, 7) is 1.43. The quantitative estimate of drug-likeness (QED) is 0.759. The van der Waals surface area contributed by atoms with Crippen LogP contribution in [0.25, 0.3) is 0 Å². The molecule has 1 aromatic carbocycles. The second kappa shape index (κ2) is 4.70. The standard InChI is InChI=1S/C11H11ClFNO2/c12-9-7-8(3-4-10(9)13)16-11(15)14-5-1-2-6-14/h3-4,7H,1-2,5-6H2. The van der Waals surface area contributed by atoms with Gasteiger partial charge in [-0.15, -0.1) is 0 Å². The van der Waals surface area contributed by atoms with E-state index < -0.39 is 11.9 Å². The van der Waals surface area contributed by atoms with Gasteiger partial charge in [0.05, 0.1) is 5.02 Å². The van der Waals surface area contributed by atoms with Crippen molar-refractivity contribution in [3.05, 3.63) is 29.0 Å². The fraction of sp³-hybridized carbons (Fsp3) is 0.364. The van der Waals surface area contributed by atoms with Gasteiger partial charge >= 0.3 is 6.09 Å². The lowest BCUT2D eigenvalue weighted by Gasteiger charge is -2.14. The summed E-state index contributed by atoms with van der Waals surface area (Å²) in [7, 11) is 0. The molecule has 1 fully saturated rings. The van der Waals surface area contributed by atoms with Crippen molar-refractivity contribution in [2.24, 2.45) is 0 Å². The maximum absolute atomic E-state index is 12.9. The van der Waals surface area contributed by atoms with Crippen molar-refractivity contribution in [3.8, 4) is 5.75 Å². The molecular formula is C11H11ClFNO2. The molecule has 5 heteroatoms. The number of carbonyl (C=O) groups is 1. The molecule has 1 aliphatic heterocycles. The van der Waals surface area contributed by atoms with Gasteiger partial charge in [-0.2, -0.15) is 0 Å². The molecular weight excluding hydrogens is 233 g/mol. The van der Waals surface area contributed by atoms with E-state index in [1.54, 1.807) is 4.90 Å². The molecule has 0 spiro atoms. The third-order valence-electron chi connectivity index (χ3n) is 2.46. The minimum atomic E-state index is -0.525. The van der Waals surface area contributed by atoms with E-state index in [4.69, 9.17) is 16.3 Å². The fourth-order valence-corrected chi connectivity index (χ4v) is 1.78. The molecule has 0 atom stereocenters. The van der Waals surface area contributed by atoms with Crippen LogP contribution in [0.1, 0.15) is 12.8 Å². The summed E-state index contributed by atoms with van der Waals surface area (Å²) in [5.74, 6) is -0.258. The first kappa shape index (κ1) is 11.2. The molecule has 3 nitrogen and oxygen atoms in total. The van der Waals surface area contributed by atoms with Gasteiger partial charge in [-0.05, 0) is 25.0 Å². The molecule has 0 bridgehead atoms. The third-order valence-corrected chi connectivity index (χ3v) is 2.75. The van der Waals surface area contributed by atoms with E-state index in [2.05, 4.69) is 0 Å². The molecule has 0 N–H and O–H groups in total. The smallest absolute Gasteiger partial charge is 0.410 e. The number of carbonyl (C=O) groups excluding carboxylic acids is 1. The van der Waals surface area contributed by atoms with Crippen molar-refractivity contribution < 1.29 is 13.9 Å². The van der Waals surface area contributed by atoms with Crippen LogP contribution in [0.4, 0.5) is 9.18 Å². The van der Waals surface area contributed by atoms with Crippen LogP contribution in [-0.4, -0.2) is 24.1 Å². The Hall–Kier alpha value is -1.29. The van der Waals surface area contributed by atoms with E-state index in [-0.39, 0.29) is 10.8 Å². The highest BCUT2D eigenvalue weighted by molar-refractivity contribution is 6.30. The maximum Gasteiger partial charge on any atom is 0.415 e. The number of amides is 1. The molecule has 0 aliphatic carbocycles. The summed E-state index contributed by atoms with van der Waals surface area (Å²) >= 11 is 5.58. The highest BCUT2D eigenvalue weighted by atomic mass is 35.5. The fourth-order valence-electron chi connectivity index (χ4n) is 1.61. The van der Waals surface area contributed by atoms with Gasteiger partial charge in [-0.3, -0.25) is 0 Å². The van der Waals surface area contributed by atoms with E-state index in [1.807, 2.05) is 0 Å². The van der Waals surface area contributed by atoms with Gasteiger partial charge in [-0.25, -0.2) is 9.18 Å². The number of hydrogen-bond donors (Lipinski definition) is 0.